The van der Waals surface area contributed by atoms with E-state index in [1.807, 2.05) is 24.3 Å². The van der Waals surface area contributed by atoms with Gasteiger partial charge in [-0.25, -0.2) is 0 Å². The maximum Gasteiger partial charge on any atom is 1.00 e. The molecular weight excluding hydrogens is 227 g/mol. The van der Waals surface area contributed by atoms with Crippen LogP contribution in [0.15, 0.2) is 34.8 Å². The second-order valence-electron chi connectivity index (χ2n) is 3.93. The van der Waals surface area contributed by atoms with E-state index in [1.54, 1.807) is 12.2 Å². The van der Waals surface area contributed by atoms with E-state index in [1.165, 1.54) is 0 Å². The number of carboxylic acids is 1. The van der Waals surface area contributed by atoms with Gasteiger partial charge < -0.3 is 14.3 Å². The molecule has 0 N–H and O–H groups in total. The summed E-state index contributed by atoms with van der Waals surface area (Å²) in [5, 5.41) is 11.8. The summed E-state index contributed by atoms with van der Waals surface area (Å²) >= 11 is 0. The zero-order valence-corrected chi connectivity index (χ0v) is 11.5. The van der Waals surface area contributed by atoms with Crippen molar-refractivity contribution in [3.05, 3.63) is 41.7 Å². The van der Waals surface area contributed by atoms with E-state index in [0.717, 1.165) is 22.3 Å². The minimum Gasteiger partial charge on any atom is -0.550 e. The van der Waals surface area contributed by atoms with Gasteiger partial charge in [0.1, 0.15) is 11.3 Å². The molecule has 80 valence electrons. The average molecular weight is 236 g/mol. The Bertz CT molecular complexity index is 598. The molecular formula is C13H9NaO3. The smallest absolute Gasteiger partial charge is 0.550 e. The Hall–Kier alpha value is -1.03. The van der Waals surface area contributed by atoms with Gasteiger partial charge in [0, 0.05) is 22.8 Å². The quantitative estimate of drug-likeness (QED) is 0.559. The van der Waals surface area contributed by atoms with E-state index in [-0.39, 0.29) is 29.6 Å². The van der Waals surface area contributed by atoms with Crippen LogP contribution in [0.25, 0.3) is 17.0 Å². The number of benzene rings is 1. The van der Waals surface area contributed by atoms with Crippen LogP contribution in [0.3, 0.4) is 0 Å². The fraction of sp³-hybridized carbons (Fsp3) is 0.154. The van der Waals surface area contributed by atoms with Gasteiger partial charge in [-0.1, -0.05) is 24.3 Å². The number of carbonyl (C=O) groups is 1. The maximum atomic E-state index is 10.8. The van der Waals surface area contributed by atoms with E-state index in [2.05, 4.69) is 0 Å². The third-order valence-corrected chi connectivity index (χ3v) is 2.94. The summed E-state index contributed by atoms with van der Waals surface area (Å²) in [7, 11) is 0. The van der Waals surface area contributed by atoms with Crippen LogP contribution in [0.2, 0.25) is 0 Å². The fourth-order valence-electron chi connectivity index (χ4n) is 2.12. The van der Waals surface area contributed by atoms with Gasteiger partial charge in [-0.2, -0.15) is 0 Å². The summed E-state index contributed by atoms with van der Waals surface area (Å²) in [6.45, 7) is 0. The molecule has 0 saturated heterocycles. The Morgan fingerprint density at radius 1 is 1.35 bits per heavy atom. The van der Waals surface area contributed by atoms with Crippen molar-refractivity contribution in [1.82, 2.24) is 0 Å². The molecule has 3 nitrogen and oxygen atoms in total. The third-order valence-electron chi connectivity index (χ3n) is 2.94. The Morgan fingerprint density at radius 2 is 2.12 bits per heavy atom. The molecule has 0 spiro atoms. The largest absolute Gasteiger partial charge is 1.00 e. The first-order valence-corrected chi connectivity index (χ1v) is 5.15. The van der Waals surface area contributed by atoms with Gasteiger partial charge >= 0.3 is 29.6 Å². The molecule has 1 heterocycles. The van der Waals surface area contributed by atoms with Crippen molar-refractivity contribution in [2.75, 3.05) is 0 Å². The normalized spacial score (nSPS) is 17.5. The molecule has 0 radical (unpaired) electrons. The molecule has 0 amide bonds. The minimum atomic E-state index is -1.04. The van der Waals surface area contributed by atoms with Crippen molar-refractivity contribution >= 4 is 23.0 Å². The van der Waals surface area contributed by atoms with Gasteiger partial charge in [0.15, 0.2) is 0 Å². The monoisotopic (exact) mass is 236 g/mol. The number of carbonyl (C=O) groups excluding carboxylic acids is 1. The maximum absolute atomic E-state index is 10.8. The van der Waals surface area contributed by atoms with E-state index in [9.17, 15) is 9.90 Å². The molecule has 17 heavy (non-hydrogen) atoms. The molecule has 2 aromatic rings. The molecule has 3 rings (SSSR count). The van der Waals surface area contributed by atoms with Crippen LogP contribution in [-0.2, 0) is 11.2 Å². The van der Waals surface area contributed by atoms with E-state index in [4.69, 9.17) is 4.42 Å². The molecule has 1 unspecified atom stereocenters. The number of hydrogen-bond acceptors (Lipinski definition) is 3. The molecule has 1 atom stereocenters. The molecule has 1 aromatic heterocycles. The molecule has 0 aliphatic heterocycles. The fourth-order valence-corrected chi connectivity index (χ4v) is 2.12. The predicted molar refractivity (Wildman–Crippen MR) is 57.4 cm³/mol. The molecule has 0 saturated carbocycles. The molecule has 1 aliphatic rings. The van der Waals surface area contributed by atoms with Crippen LogP contribution in [0.1, 0.15) is 11.3 Å². The van der Waals surface area contributed by atoms with E-state index in [0.29, 0.717) is 6.42 Å². The Labute approximate surface area is 120 Å². The summed E-state index contributed by atoms with van der Waals surface area (Å²) in [5.41, 5.74) is 1.77. The Morgan fingerprint density at radius 3 is 2.88 bits per heavy atom. The van der Waals surface area contributed by atoms with Crippen molar-refractivity contribution in [3.63, 3.8) is 0 Å². The number of para-hydroxylation sites is 1. The zero-order valence-electron chi connectivity index (χ0n) is 9.47. The molecule has 0 bridgehead atoms. The number of rotatable bonds is 1. The SMILES string of the molecule is O=C([O-])C1C=Cc2oc3ccccc3c2C1.[Na+]. The van der Waals surface area contributed by atoms with Crippen LogP contribution >= 0.6 is 0 Å². The first-order valence-electron chi connectivity index (χ1n) is 5.15. The van der Waals surface area contributed by atoms with Crippen molar-refractivity contribution in [3.8, 4) is 0 Å². The zero-order chi connectivity index (χ0) is 11.1. The van der Waals surface area contributed by atoms with Crippen LogP contribution in [-0.4, -0.2) is 5.97 Å². The summed E-state index contributed by atoms with van der Waals surface area (Å²) in [6, 6.07) is 7.65. The molecule has 4 heteroatoms. The standard InChI is InChI=1S/C13H10O3.Na/c14-13(15)8-5-6-12-10(7-8)9-3-1-2-4-11(9)16-12;/h1-6,8H,7H2,(H,14,15);/q;+1/p-1. The van der Waals surface area contributed by atoms with E-state index >= 15 is 0 Å². The predicted octanol–water partition coefficient (Wildman–Crippen LogP) is -1.63. The van der Waals surface area contributed by atoms with Gasteiger partial charge in [-0.05, 0) is 18.6 Å². The summed E-state index contributed by atoms with van der Waals surface area (Å²) in [6.07, 6.45) is 3.80. The number of hydrogen-bond donors (Lipinski definition) is 0. The van der Waals surface area contributed by atoms with Gasteiger partial charge in [0.05, 0.1) is 0 Å². The van der Waals surface area contributed by atoms with Crippen molar-refractivity contribution < 1.29 is 43.9 Å². The Balaban J connectivity index is 0.00000108. The number of furan rings is 1. The molecule has 0 fully saturated rings. The molecule has 1 aliphatic carbocycles. The Kier molecular flexibility index (Phi) is 3.43. The first-order chi connectivity index (χ1) is 7.75. The van der Waals surface area contributed by atoms with Crippen molar-refractivity contribution in [2.24, 2.45) is 5.92 Å². The van der Waals surface area contributed by atoms with Gasteiger partial charge in [-0.3, -0.25) is 0 Å². The summed E-state index contributed by atoms with van der Waals surface area (Å²) < 4.78 is 5.62. The third kappa shape index (κ3) is 2.06. The van der Waals surface area contributed by atoms with Crippen LogP contribution in [0.5, 0.6) is 0 Å². The van der Waals surface area contributed by atoms with Gasteiger partial charge in [-0.15, -0.1) is 0 Å². The van der Waals surface area contributed by atoms with Crippen molar-refractivity contribution in [2.45, 2.75) is 6.42 Å². The topological polar surface area (TPSA) is 53.3 Å². The number of aliphatic carboxylic acids is 1. The second kappa shape index (κ2) is 4.69. The second-order valence-corrected chi connectivity index (χ2v) is 3.93. The van der Waals surface area contributed by atoms with Gasteiger partial charge in [0.25, 0.3) is 0 Å². The summed E-state index contributed by atoms with van der Waals surface area (Å²) in [5.74, 6) is -0.820. The average Bonchev–Trinajstić information content (AvgIpc) is 2.66. The first kappa shape index (κ1) is 12.4. The van der Waals surface area contributed by atoms with Crippen LogP contribution in [0, 0.1) is 5.92 Å². The number of carboxylic acid groups (broad SMARTS) is 1. The number of fused-ring (bicyclic) bond motifs is 3. The van der Waals surface area contributed by atoms with Gasteiger partial charge in [0.2, 0.25) is 0 Å². The van der Waals surface area contributed by atoms with E-state index < -0.39 is 11.9 Å². The molecule has 1 aromatic carbocycles. The van der Waals surface area contributed by atoms with Crippen molar-refractivity contribution in [1.29, 1.82) is 0 Å². The minimum absolute atomic E-state index is 0. The van der Waals surface area contributed by atoms with Crippen LogP contribution in [0.4, 0.5) is 0 Å². The summed E-state index contributed by atoms with van der Waals surface area (Å²) in [4.78, 5) is 10.8. The van der Waals surface area contributed by atoms with Crippen LogP contribution < -0.4 is 34.7 Å².